The molecule has 1 aromatic heterocycles. The van der Waals surface area contributed by atoms with Crippen LogP contribution in [0, 0.1) is 0 Å². The maximum Gasteiger partial charge on any atom is 0.395 e. The molecule has 1 rings (SSSR count). The zero-order valence-electron chi connectivity index (χ0n) is 7.85. The second kappa shape index (κ2) is 4.27. The van der Waals surface area contributed by atoms with Gasteiger partial charge in [-0.3, -0.25) is 0 Å². The van der Waals surface area contributed by atoms with Crippen LogP contribution in [0.5, 0.6) is 0 Å². The van der Waals surface area contributed by atoms with Gasteiger partial charge in [0, 0.05) is 11.4 Å². The van der Waals surface area contributed by atoms with E-state index in [0.29, 0.717) is 5.69 Å². The summed E-state index contributed by atoms with van der Waals surface area (Å²) in [6.07, 6.45) is -5.11. The van der Waals surface area contributed by atoms with Gasteiger partial charge in [-0.05, 0) is 14.0 Å². The molecule has 80 valence electrons. The van der Waals surface area contributed by atoms with Gasteiger partial charge in [0.05, 0.1) is 12.1 Å². The average molecular weight is 224 g/mol. The quantitative estimate of drug-likeness (QED) is 0.853. The molecule has 0 saturated heterocycles. The number of alkyl halides is 3. The highest BCUT2D eigenvalue weighted by atomic mass is 32.1. The molecule has 0 aromatic carbocycles. The maximum atomic E-state index is 12.0. The molecule has 1 N–H and O–H groups in total. The molecule has 1 heterocycles. The number of aromatic nitrogens is 1. The molecule has 1 atom stereocenters. The summed E-state index contributed by atoms with van der Waals surface area (Å²) < 4.78 is 36.0. The fraction of sp³-hybridized carbons (Fsp3) is 0.625. The van der Waals surface area contributed by atoms with E-state index in [2.05, 4.69) is 10.3 Å². The number of thiazole rings is 1. The van der Waals surface area contributed by atoms with Crippen LogP contribution in [0.25, 0.3) is 0 Å². The molecule has 2 nitrogen and oxygen atoms in total. The van der Waals surface area contributed by atoms with Gasteiger partial charge >= 0.3 is 6.18 Å². The van der Waals surface area contributed by atoms with Gasteiger partial charge in [-0.2, -0.15) is 13.2 Å². The van der Waals surface area contributed by atoms with Crippen molar-refractivity contribution in [3.63, 3.8) is 0 Å². The van der Waals surface area contributed by atoms with Crippen LogP contribution in [0.1, 0.15) is 23.7 Å². The molecule has 0 spiro atoms. The van der Waals surface area contributed by atoms with E-state index in [0.717, 1.165) is 11.3 Å². The minimum Gasteiger partial charge on any atom is -0.312 e. The van der Waals surface area contributed by atoms with Crippen LogP contribution in [0.4, 0.5) is 13.2 Å². The molecule has 0 aliphatic heterocycles. The van der Waals surface area contributed by atoms with E-state index in [1.807, 2.05) is 6.92 Å². The Morgan fingerprint density at radius 1 is 1.57 bits per heavy atom. The Kier molecular flexibility index (Phi) is 3.49. The van der Waals surface area contributed by atoms with Crippen molar-refractivity contribution in [2.45, 2.75) is 25.6 Å². The summed E-state index contributed by atoms with van der Waals surface area (Å²) in [5, 5.41) is 4.70. The molecule has 6 heteroatoms. The average Bonchev–Trinajstić information content (AvgIpc) is 2.48. The van der Waals surface area contributed by atoms with Crippen molar-refractivity contribution in [2.24, 2.45) is 0 Å². The first-order valence-corrected chi connectivity index (χ1v) is 4.98. The molecule has 0 bridgehead atoms. The van der Waals surface area contributed by atoms with E-state index in [9.17, 15) is 13.2 Å². The zero-order chi connectivity index (χ0) is 10.8. The lowest BCUT2D eigenvalue weighted by molar-refractivity contribution is -0.127. The number of halogens is 3. The third-order valence-electron chi connectivity index (χ3n) is 1.80. The van der Waals surface area contributed by atoms with Gasteiger partial charge in [0.25, 0.3) is 0 Å². The number of hydrogen-bond acceptors (Lipinski definition) is 3. The molecular formula is C8H11F3N2S. The summed E-state index contributed by atoms with van der Waals surface area (Å²) in [6, 6.07) is -0.00627. The highest BCUT2D eigenvalue weighted by molar-refractivity contribution is 7.09. The van der Waals surface area contributed by atoms with Crippen LogP contribution >= 0.6 is 11.3 Å². The van der Waals surface area contributed by atoms with Crippen molar-refractivity contribution >= 4 is 11.3 Å². The third kappa shape index (κ3) is 3.26. The molecule has 0 saturated carbocycles. The van der Waals surface area contributed by atoms with Gasteiger partial charge in [-0.15, -0.1) is 11.3 Å². The first-order chi connectivity index (χ1) is 6.42. The normalized spacial score (nSPS) is 14.4. The second-order valence-corrected chi connectivity index (χ2v) is 3.91. The second-order valence-electron chi connectivity index (χ2n) is 2.97. The van der Waals surface area contributed by atoms with Crippen molar-refractivity contribution in [1.82, 2.24) is 10.3 Å². The van der Waals surface area contributed by atoms with E-state index in [1.54, 1.807) is 12.4 Å². The summed E-state index contributed by atoms with van der Waals surface area (Å²) >= 11 is 1.05. The smallest absolute Gasteiger partial charge is 0.312 e. The molecule has 0 fully saturated rings. The standard InChI is InChI=1S/C8H11F3N2S/c1-5(12-2)6-4-14-7(13-6)3-8(9,10)11/h4-5,12H,3H2,1-2H3. The van der Waals surface area contributed by atoms with Crippen LogP contribution in [-0.2, 0) is 6.42 Å². The predicted octanol–water partition coefficient (Wildman–Crippen LogP) is 2.53. The van der Waals surface area contributed by atoms with E-state index >= 15 is 0 Å². The van der Waals surface area contributed by atoms with Gasteiger partial charge in [0.2, 0.25) is 0 Å². The molecule has 1 aromatic rings. The van der Waals surface area contributed by atoms with E-state index in [1.165, 1.54) is 0 Å². The maximum absolute atomic E-state index is 12.0. The first kappa shape index (κ1) is 11.5. The van der Waals surface area contributed by atoms with Crippen LogP contribution in [-0.4, -0.2) is 18.2 Å². The fourth-order valence-corrected chi connectivity index (χ4v) is 1.84. The molecule has 14 heavy (non-hydrogen) atoms. The minimum absolute atomic E-state index is 0.00627. The minimum atomic E-state index is -4.17. The number of nitrogens with one attached hydrogen (secondary N) is 1. The first-order valence-electron chi connectivity index (χ1n) is 4.10. The summed E-state index contributed by atoms with van der Waals surface area (Å²) in [6.45, 7) is 1.85. The molecule has 0 radical (unpaired) electrons. The molecule has 0 amide bonds. The van der Waals surface area contributed by atoms with Crippen molar-refractivity contribution in [1.29, 1.82) is 0 Å². The fourth-order valence-electron chi connectivity index (χ4n) is 0.925. The Hall–Kier alpha value is -0.620. The van der Waals surface area contributed by atoms with Crippen molar-refractivity contribution in [2.75, 3.05) is 7.05 Å². The van der Waals surface area contributed by atoms with Crippen molar-refractivity contribution < 1.29 is 13.2 Å². The van der Waals surface area contributed by atoms with Crippen molar-refractivity contribution in [3.8, 4) is 0 Å². The SMILES string of the molecule is CNC(C)c1csc(CC(F)(F)F)n1. The topological polar surface area (TPSA) is 24.9 Å². The van der Waals surface area contributed by atoms with Crippen LogP contribution in [0.2, 0.25) is 0 Å². The number of nitrogens with zero attached hydrogens (tertiary/aromatic N) is 1. The van der Waals surface area contributed by atoms with Crippen LogP contribution in [0.15, 0.2) is 5.38 Å². The molecule has 1 unspecified atom stereocenters. The number of hydrogen-bond donors (Lipinski definition) is 1. The Morgan fingerprint density at radius 2 is 2.21 bits per heavy atom. The lowest BCUT2D eigenvalue weighted by Crippen LogP contribution is -2.14. The van der Waals surface area contributed by atoms with Gasteiger partial charge in [0.15, 0.2) is 0 Å². The van der Waals surface area contributed by atoms with Crippen LogP contribution < -0.4 is 5.32 Å². The van der Waals surface area contributed by atoms with E-state index in [4.69, 9.17) is 0 Å². The largest absolute Gasteiger partial charge is 0.395 e. The Balaban J connectivity index is 2.69. The summed E-state index contributed by atoms with van der Waals surface area (Å²) in [7, 11) is 1.74. The van der Waals surface area contributed by atoms with E-state index < -0.39 is 12.6 Å². The Bertz CT molecular complexity index is 295. The monoisotopic (exact) mass is 224 g/mol. The Morgan fingerprint density at radius 3 is 2.71 bits per heavy atom. The Labute approximate surface area is 84.2 Å². The van der Waals surface area contributed by atoms with Crippen LogP contribution in [0.3, 0.4) is 0 Å². The lowest BCUT2D eigenvalue weighted by atomic mass is 10.3. The van der Waals surface area contributed by atoms with Gasteiger partial charge < -0.3 is 5.32 Å². The molecule has 0 aliphatic rings. The van der Waals surface area contributed by atoms with Gasteiger partial charge in [-0.25, -0.2) is 4.98 Å². The zero-order valence-corrected chi connectivity index (χ0v) is 8.67. The summed E-state index contributed by atoms with van der Waals surface area (Å²) in [5.74, 6) is 0. The third-order valence-corrected chi connectivity index (χ3v) is 2.66. The highest BCUT2D eigenvalue weighted by Crippen LogP contribution is 2.24. The molecular weight excluding hydrogens is 213 g/mol. The van der Waals surface area contributed by atoms with Gasteiger partial charge in [-0.1, -0.05) is 0 Å². The summed E-state index contributed by atoms with van der Waals surface area (Å²) in [4.78, 5) is 3.90. The molecule has 0 aliphatic carbocycles. The highest BCUT2D eigenvalue weighted by Gasteiger charge is 2.29. The lowest BCUT2D eigenvalue weighted by Gasteiger charge is -2.05. The predicted molar refractivity (Wildman–Crippen MR) is 49.3 cm³/mol. The van der Waals surface area contributed by atoms with E-state index in [-0.39, 0.29) is 11.0 Å². The van der Waals surface area contributed by atoms with Gasteiger partial charge in [0.1, 0.15) is 5.01 Å². The summed E-state index contributed by atoms with van der Waals surface area (Å²) in [5.41, 5.74) is 0.664. The van der Waals surface area contributed by atoms with Crippen molar-refractivity contribution in [3.05, 3.63) is 16.1 Å². The number of rotatable bonds is 3.